The second kappa shape index (κ2) is 6.19. The highest BCUT2D eigenvalue weighted by Crippen LogP contribution is 2.29. The molecule has 0 spiro atoms. The van der Waals surface area contributed by atoms with Crippen LogP contribution >= 0.6 is 0 Å². The van der Waals surface area contributed by atoms with Gasteiger partial charge in [0.15, 0.2) is 0 Å². The lowest BCUT2D eigenvalue weighted by Crippen LogP contribution is -2.41. The molecule has 3 heteroatoms. The highest BCUT2D eigenvalue weighted by Gasteiger charge is 2.24. The molecule has 1 aliphatic rings. The van der Waals surface area contributed by atoms with E-state index in [0.717, 1.165) is 25.6 Å². The molecule has 18 heavy (non-hydrogen) atoms. The fourth-order valence-electron chi connectivity index (χ4n) is 2.85. The number of anilines is 1. The second-order valence-electron chi connectivity index (χ2n) is 5.46. The molecular weight excluding hydrogens is 222 g/mol. The molecule has 1 fully saturated rings. The Morgan fingerprint density at radius 2 is 2.28 bits per heavy atom. The van der Waals surface area contributed by atoms with Gasteiger partial charge in [0.05, 0.1) is 11.9 Å². The quantitative estimate of drug-likeness (QED) is 0.887. The van der Waals surface area contributed by atoms with Crippen molar-refractivity contribution in [3.05, 3.63) is 24.0 Å². The minimum Gasteiger partial charge on any atom is -0.367 e. The van der Waals surface area contributed by atoms with Crippen LogP contribution in [-0.4, -0.2) is 24.1 Å². The molecule has 2 heterocycles. The van der Waals surface area contributed by atoms with Gasteiger partial charge in [-0.25, -0.2) is 0 Å². The van der Waals surface area contributed by atoms with Crippen molar-refractivity contribution in [3.63, 3.8) is 0 Å². The molecule has 2 unspecified atom stereocenters. The minimum absolute atomic E-state index is 0.623. The summed E-state index contributed by atoms with van der Waals surface area (Å²) in [4.78, 5) is 6.84. The molecule has 0 radical (unpaired) electrons. The van der Waals surface area contributed by atoms with Gasteiger partial charge in [0.2, 0.25) is 0 Å². The van der Waals surface area contributed by atoms with E-state index >= 15 is 0 Å². The number of hydrogen-bond acceptors (Lipinski definition) is 3. The van der Waals surface area contributed by atoms with Crippen molar-refractivity contribution in [2.24, 2.45) is 5.92 Å². The van der Waals surface area contributed by atoms with Crippen LogP contribution < -0.4 is 10.2 Å². The number of pyridine rings is 1. The monoisotopic (exact) mass is 247 g/mol. The molecule has 1 aliphatic heterocycles. The molecule has 1 aromatic rings. The van der Waals surface area contributed by atoms with Crippen LogP contribution in [0.1, 0.15) is 39.2 Å². The highest BCUT2D eigenvalue weighted by molar-refractivity contribution is 5.52. The molecule has 0 saturated carbocycles. The predicted molar refractivity (Wildman–Crippen MR) is 76.8 cm³/mol. The lowest BCUT2D eigenvalue weighted by atomic mass is 9.92. The van der Waals surface area contributed by atoms with Crippen molar-refractivity contribution in [3.8, 4) is 0 Å². The largest absolute Gasteiger partial charge is 0.367 e. The molecule has 0 bridgehead atoms. The van der Waals surface area contributed by atoms with Crippen LogP contribution in [0.2, 0.25) is 0 Å². The Hall–Kier alpha value is -1.09. The number of aromatic nitrogens is 1. The fraction of sp³-hybridized carbons (Fsp3) is 0.667. The number of rotatable bonds is 4. The van der Waals surface area contributed by atoms with Crippen molar-refractivity contribution in [1.29, 1.82) is 0 Å². The topological polar surface area (TPSA) is 28.2 Å². The van der Waals surface area contributed by atoms with Crippen LogP contribution in [0.4, 0.5) is 5.69 Å². The molecule has 1 aromatic heterocycles. The molecule has 0 amide bonds. The highest BCUT2D eigenvalue weighted by atomic mass is 15.2. The summed E-state index contributed by atoms with van der Waals surface area (Å²) in [6.07, 6.45) is 6.50. The zero-order valence-electron chi connectivity index (χ0n) is 11.8. The first-order valence-corrected chi connectivity index (χ1v) is 7.12. The van der Waals surface area contributed by atoms with Crippen molar-refractivity contribution in [1.82, 2.24) is 10.3 Å². The fourth-order valence-corrected chi connectivity index (χ4v) is 2.85. The second-order valence-corrected chi connectivity index (χ2v) is 5.46. The minimum atomic E-state index is 0.623. The van der Waals surface area contributed by atoms with Gasteiger partial charge < -0.3 is 10.2 Å². The molecule has 2 atom stereocenters. The Morgan fingerprint density at radius 1 is 1.44 bits per heavy atom. The molecule has 0 aliphatic carbocycles. The van der Waals surface area contributed by atoms with Gasteiger partial charge in [-0.3, -0.25) is 4.98 Å². The maximum Gasteiger partial charge on any atom is 0.0600 e. The Kier molecular flexibility index (Phi) is 4.59. The summed E-state index contributed by atoms with van der Waals surface area (Å²) in [6.45, 7) is 9.94. The third-order valence-corrected chi connectivity index (χ3v) is 3.90. The van der Waals surface area contributed by atoms with Crippen LogP contribution in [0.15, 0.2) is 18.5 Å². The number of nitrogens with zero attached hydrogens (tertiary/aromatic N) is 2. The lowest BCUT2D eigenvalue weighted by Gasteiger charge is -2.39. The van der Waals surface area contributed by atoms with Gasteiger partial charge >= 0.3 is 0 Å². The normalized spacial score (nSPS) is 24.3. The Bertz CT molecular complexity index is 378. The average Bonchev–Trinajstić information content (AvgIpc) is 2.37. The Balaban J connectivity index is 2.16. The Labute approximate surface area is 111 Å². The van der Waals surface area contributed by atoms with E-state index in [0.29, 0.717) is 6.04 Å². The molecular formula is C15H25N3. The van der Waals surface area contributed by atoms with Crippen LogP contribution in [0.25, 0.3) is 0 Å². The van der Waals surface area contributed by atoms with E-state index in [1.807, 2.05) is 12.4 Å². The van der Waals surface area contributed by atoms with Crippen molar-refractivity contribution < 1.29 is 0 Å². The van der Waals surface area contributed by atoms with Gasteiger partial charge in [0, 0.05) is 25.3 Å². The van der Waals surface area contributed by atoms with E-state index in [1.54, 1.807) is 0 Å². The van der Waals surface area contributed by atoms with E-state index in [-0.39, 0.29) is 0 Å². The average molecular weight is 247 g/mol. The summed E-state index contributed by atoms with van der Waals surface area (Å²) in [5, 5.41) is 3.41. The van der Waals surface area contributed by atoms with Gasteiger partial charge in [-0.2, -0.15) is 0 Å². The van der Waals surface area contributed by atoms with Gasteiger partial charge in [-0.05, 0) is 43.9 Å². The summed E-state index contributed by atoms with van der Waals surface area (Å²) >= 11 is 0. The molecule has 1 saturated heterocycles. The molecule has 2 rings (SSSR count). The van der Waals surface area contributed by atoms with Crippen LogP contribution in [0.5, 0.6) is 0 Å². The van der Waals surface area contributed by atoms with Gasteiger partial charge in [0.1, 0.15) is 0 Å². The zero-order valence-corrected chi connectivity index (χ0v) is 11.8. The Morgan fingerprint density at radius 3 is 3.00 bits per heavy atom. The van der Waals surface area contributed by atoms with E-state index in [1.165, 1.54) is 24.1 Å². The van der Waals surface area contributed by atoms with Crippen LogP contribution in [-0.2, 0) is 6.54 Å². The summed E-state index contributed by atoms with van der Waals surface area (Å²) in [6, 6.07) is 2.77. The van der Waals surface area contributed by atoms with E-state index in [4.69, 9.17) is 0 Å². The third kappa shape index (κ3) is 3.02. The zero-order chi connectivity index (χ0) is 13.0. The molecule has 1 N–H and O–H groups in total. The summed E-state index contributed by atoms with van der Waals surface area (Å²) in [5.41, 5.74) is 2.69. The molecule has 100 valence electrons. The van der Waals surface area contributed by atoms with E-state index in [2.05, 4.69) is 42.0 Å². The first-order valence-electron chi connectivity index (χ1n) is 7.12. The van der Waals surface area contributed by atoms with Gasteiger partial charge in [-0.1, -0.05) is 13.8 Å². The van der Waals surface area contributed by atoms with Gasteiger partial charge in [0.25, 0.3) is 0 Å². The number of piperidine rings is 1. The summed E-state index contributed by atoms with van der Waals surface area (Å²) in [7, 11) is 0. The van der Waals surface area contributed by atoms with Crippen molar-refractivity contribution >= 4 is 5.69 Å². The van der Waals surface area contributed by atoms with Gasteiger partial charge in [-0.15, -0.1) is 0 Å². The van der Waals surface area contributed by atoms with E-state index < -0.39 is 0 Å². The smallest absolute Gasteiger partial charge is 0.0600 e. The third-order valence-electron chi connectivity index (χ3n) is 3.90. The number of hydrogen-bond donors (Lipinski definition) is 1. The van der Waals surface area contributed by atoms with Crippen LogP contribution in [0.3, 0.4) is 0 Å². The number of nitrogens with one attached hydrogen (secondary N) is 1. The van der Waals surface area contributed by atoms with Crippen LogP contribution in [0, 0.1) is 5.92 Å². The maximum atomic E-state index is 4.31. The summed E-state index contributed by atoms with van der Waals surface area (Å²) < 4.78 is 0. The lowest BCUT2D eigenvalue weighted by molar-refractivity contribution is 0.377. The first-order chi connectivity index (χ1) is 8.72. The van der Waals surface area contributed by atoms with E-state index in [9.17, 15) is 0 Å². The maximum absolute atomic E-state index is 4.31. The molecule has 3 nitrogen and oxygen atoms in total. The van der Waals surface area contributed by atoms with Crippen molar-refractivity contribution in [2.75, 3.05) is 18.0 Å². The summed E-state index contributed by atoms with van der Waals surface area (Å²) in [5.74, 6) is 0.852. The standard InChI is InChI=1S/C15H25N3/c1-4-16-10-14-5-7-17-11-15(14)18-8-6-12(2)9-13(18)3/h5,7,11-13,16H,4,6,8-10H2,1-3H3. The predicted octanol–water partition coefficient (Wildman–Crippen LogP) is 2.82. The first kappa shape index (κ1) is 13.3. The molecule has 0 aromatic carbocycles. The van der Waals surface area contributed by atoms with Crippen molar-refractivity contribution in [2.45, 2.75) is 46.2 Å². The SMILES string of the molecule is CCNCc1ccncc1N1CCC(C)CC1C.